The molecule has 92 valence electrons. The van der Waals surface area contributed by atoms with E-state index in [-0.39, 0.29) is 5.91 Å². The number of anilines is 1. The van der Waals surface area contributed by atoms with E-state index in [1.807, 2.05) is 10.3 Å². The highest BCUT2D eigenvalue weighted by Crippen LogP contribution is 2.10. The third-order valence-corrected chi connectivity index (χ3v) is 3.29. The summed E-state index contributed by atoms with van der Waals surface area (Å²) in [5.41, 5.74) is 0. The molecule has 1 saturated heterocycles. The van der Waals surface area contributed by atoms with Gasteiger partial charge < -0.3 is 10.2 Å². The van der Waals surface area contributed by atoms with Crippen molar-refractivity contribution in [2.75, 3.05) is 38.0 Å². The minimum Gasteiger partial charge on any atom is -0.343 e. The number of carbonyl (C=O) groups is 2. The van der Waals surface area contributed by atoms with E-state index in [2.05, 4.69) is 10.3 Å². The Bertz CT molecular complexity index is 374. The van der Waals surface area contributed by atoms with Crippen LogP contribution in [0.1, 0.15) is 0 Å². The van der Waals surface area contributed by atoms with Gasteiger partial charge in [-0.2, -0.15) is 0 Å². The van der Waals surface area contributed by atoms with Crippen LogP contribution in [0.3, 0.4) is 0 Å². The van der Waals surface area contributed by atoms with E-state index < -0.39 is 0 Å². The van der Waals surface area contributed by atoms with Gasteiger partial charge >= 0.3 is 0 Å². The first kappa shape index (κ1) is 12.0. The number of nitrogens with zero attached hydrogens (tertiary/aromatic N) is 3. The zero-order valence-corrected chi connectivity index (χ0v) is 10.2. The lowest BCUT2D eigenvalue weighted by atomic mass is 10.3. The van der Waals surface area contributed by atoms with Crippen molar-refractivity contribution in [2.45, 2.75) is 0 Å². The molecule has 1 aliphatic heterocycles. The summed E-state index contributed by atoms with van der Waals surface area (Å²) in [5, 5.41) is 5.18. The van der Waals surface area contributed by atoms with E-state index in [9.17, 15) is 9.59 Å². The maximum absolute atomic E-state index is 11.7. The normalized spacial score (nSPS) is 16.8. The topological polar surface area (TPSA) is 65.5 Å². The zero-order chi connectivity index (χ0) is 12.1. The molecule has 1 aromatic rings. The van der Waals surface area contributed by atoms with Crippen molar-refractivity contribution in [3.63, 3.8) is 0 Å². The molecule has 2 rings (SSSR count). The van der Waals surface area contributed by atoms with E-state index in [1.165, 1.54) is 11.3 Å². The van der Waals surface area contributed by atoms with Gasteiger partial charge in [-0.25, -0.2) is 4.98 Å². The second-order valence-electron chi connectivity index (χ2n) is 3.80. The van der Waals surface area contributed by atoms with Crippen LogP contribution in [0.2, 0.25) is 0 Å². The number of nitrogens with one attached hydrogen (secondary N) is 1. The number of hydrogen-bond donors (Lipinski definition) is 1. The van der Waals surface area contributed by atoms with Gasteiger partial charge in [0.1, 0.15) is 0 Å². The molecule has 0 bridgehead atoms. The van der Waals surface area contributed by atoms with Crippen molar-refractivity contribution in [1.82, 2.24) is 14.8 Å². The molecule has 1 aliphatic rings. The van der Waals surface area contributed by atoms with Crippen LogP contribution in [0, 0.1) is 0 Å². The van der Waals surface area contributed by atoms with Gasteiger partial charge in [0.2, 0.25) is 12.3 Å². The van der Waals surface area contributed by atoms with Crippen LogP contribution < -0.4 is 5.32 Å². The quantitative estimate of drug-likeness (QED) is 0.759. The van der Waals surface area contributed by atoms with Crippen LogP contribution >= 0.6 is 11.3 Å². The highest BCUT2D eigenvalue weighted by Gasteiger charge is 2.17. The molecule has 6 nitrogen and oxygen atoms in total. The molecular weight excluding hydrogens is 240 g/mol. The monoisotopic (exact) mass is 254 g/mol. The summed E-state index contributed by atoms with van der Waals surface area (Å²) in [7, 11) is 0. The van der Waals surface area contributed by atoms with Gasteiger partial charge in [-0.15, -0.1) is 11.3 Å². The largest absolute Gasteiger partial charge is 0.343 e. The molecular formula is C10H14N4O2S. The Labute approximate surface area is 103 Å². The minimum absolute atomic E-state index is 0.0560. The average molecular weight is 254 g/mol. The van der Waals surface area contributed by atoms with E-state index in [4.69, 9.17) is 0 Å². The van der Waals surface area contributed by atoms with Crippen molar-refractivity contribution >= 4 is 28.8 Å². The fourth-order valence-corrected chi connectivity index (χ4v) is 2.22. The highest BCUT2D eigenvalue weighted by atomic mass is 32.1. The number of amides is 2. The SMILES string of the molecule is O=CN1CCN(CC(=O)Nc2nccs2)CC1. The molecule has 0 aliphatic carbocycles. The smallest absolute Gasteiger partial charge is 0.240 e. The Morgan fingerprint density at radius 2 is 2.24 bits per heavy atom. The van der Waals surface area contributed by atoms with Crippen LogP contribution in [-0.4, -0.2) is 59.8 Å². The van der Waals surface area contributed by atoms with Gasteiger partial charge in [-0.05, 0) is 0 Å². The summed E-state index contributed by atoms with van der Waals surface area (Å²) in [6.07, 6.45) is 2.51. The number of aromatic nitrogens is 1. The second kappa shape index (κ2) is 5.74. The molecule has 0 atom stereocenters. The molecule has 2 heterocycles. The first-order valence-corrected chi connectivity index (χ1v) is 6.27. The van der Waals surface area contributed by atoms with Crippen molar-refractivity contribution < 1.29 is 9.59 Å². The summed E-state index contributed by atoms with van der Waals surface area (Å²) >= 11 is 1.40. The van der Waals surface area contributed by atoms with Gasteiger partial charge in [0.25, 0.3) is 0 Å². The average Bonchev–Trinajstić information content (AvgIpc) is 2.82. The summed E-state index contributed by atoms with van der Waals surface area (Å²) < 4.78 is 0. The first-order chi connectivity index (χ1) is 8.28. The van der Waals surface area contributed by atoms with E-state index >= 15 is 0 Å². The van der Waals surface area contributed by atoms with Crippen molar-refractivity contribution in [2.24, 2.45) is 0 Å². The Hall–Kier alpha value is -1.47. The van der Waals surface area contributed by atoms with Gasteiger partial charge in [-0.1, -0.05) is 0 Å². The van der Waals surface area contributed by atoms with Gasteiger partial charge in [-0.3, -0.25) is 14.5 Å². The van der Waals surface area contributed by atoms with E-state index in [1.54, 1.807) is 11.1 Å². The van der Waals surface area contributed by atoms with Gasteiger partial charge in [0.05, 0.1) is 6.54 Å². The fraction of sp³-hybridized carbons (Fsp3) is 0.500. The molecule has 17 heavy (non-hydrogen) atoms. The van der Waals surface area contributed by atoms with E-state index in [0.717, 1.165) is 19.5 Å². The first-order valence-electron chi connectivity index (χ1n) is 5.39. The van der Waals surface area contributed by atoms with Crippen LogP contribution in [0.25, 0.3) is 0 Å². The molecule has 0 radical (unpaired) electrons. The lowest BCUT2D eigenvalue weighted by Gasteiger charge is -2.31. The maximum atomic E-state index is 11.7. The lowest BCUT2D eigenvalue weighted by molar-refractivity contribution is -0.120. The Morgan fingerprint density at radius 3 is 2.82 bits per heavy atom. The molecule has 7 heteroatoms. The van der Waals surface area contributed by atoms with Gasteiger partial charge in [0.15, 0.2) is 5.13 Å². The third kappa shape index (κ3) is 3.50. The summed E-state index contributed by atoms with van der Waals surface area (Å²) in [4.78, 5) is 29.9. The predicted octanol–water partition coefficient (Wildman–Crippen LogP) is -0.144. The molecule has 0 aromatic carbocycles. The molecule has 0 saturated carbocycles. The Kier molecular flexibility index (Phi) is 4.05. The standard InChI is InChI=1S/C10H14N4O2S/c15-8-14-4-2-13(3-5-14)7-9(16)12-10-11-1-6-17-10/h1,6,8H,2-5,7H2,(H,11,12,16). The maximum Gasteiger partial charge on any atom is 0.240 e. The van der Waals surface area contributed by atoms with Crippen molar-refractivity contribution in [1.29, 1.82) is 0 Å². The number of rotatable bonds is 4. The molecule has 0 unspecified atom stereocenters. The summed E-state index contributed by atoms with van der Waals surface area (Å²) in [5.74, 6) is -0.0560. The summed E-state index contributed by atoms with van der Waals surface area (Å²) in [6.45, 7) is 3.21. The second-order valence-corrected chi connectivity index (χ2v) is 4.70. The molecule has 0 spiro atoms. The molecule has 1 aromatic heterocycles. The molecule has 1 fully saturated rings. The molecule has 2 amide bonds. The number of hydrogen-bond acceptors (Lipinski definition) is 5. The Morgan fingerprint density at radius 1 is 1.47 bits per heavy atom. The number of piperazine rings is 1. The van der Waals surface area contributed by atoms with Crippen LogP contribution in [-0.2, 0) is 9.59 Å². The predicted molar refractivity (Wildman–Crippen MR) is 64.8 cm³/mol. The van der Waals surface area contributed by atoms with Crippen molar-refractivity contribution in [3.05, 3.63) is 11.6 Å². The Balaban J connectivity index is 1.74. The molecule has 1 N–H and O–H groups in total. The summed E-state index contributed by atoms with van der Waals surface area (Å²) in [6, 6.07) is 0. The van der Waals surface area contributed by atoms with Crippen LogP contribution in [0.5, 0.6) is 0 Å². The van der Waals surface area contributed by atoms with Crippen LogP contribution in [0.4, 0.5) is 5.13 Å². The fourth-order valence-electron chi connectivity index (χ4n) is 1.67. The van der Waals surface area contributed by atoms with E-state index in [0.29, 0.717) is 24.8 Å². The van der Waals surface area contributed by atoms with Gasteiger partial charge in [0, 0.05) is 37.8 Å². The van der Waals surface area contributed by atoms with Crippen molar-refractivity contribution in [3.8, 4) is 0 Å². The van der Waals surface area contributed by atoms with Crippen LogP contribution in [0.15, 0.2) is 11.6 Å². The number of thiazole rings is 1. The number of carbonyl (C=O) groups excluding carboxylic acids is 2. The minimum atomic E-state index is -0.0560. The third-order valence-electron chi connectivity index (χ3n) is 2.60. The zero-order valence-electron chi connectivity index (χ0n) is 9.33. The lowest BCUT2D eigenvalue weighted by Crippen LogP contribution is -2.48. The highest BCUT2D eigenvalue weighted by molar-refractivity contribution is 7.13.